The first-order valence-electron chi connectivity index (χ1n) is 12.4. The fourth-order valence-electron chi connectivity index (χ4n) is 3.69. The predicted molar refractivity (Wildman–Crippen MR) is 153 cm³/mol. The summed E-state index contributed by atoms with van der Waals surface area (Å²) in [6.45, 7) is 3.42. The minimum Gasteiger partial charge on any atom is -0.481 e. The van der Waals surface area contributed by atoms with E-state index in [1.807, 2.05) is 18.2 Å². The van der Waals surface area contributed by atoms with Crippen molar-refractivity contribution in [1.29, 1.82) is 0 Å². The Morgan fingerprint density at radius 2 is 1.88 bits per heavy atom. The Balaban J connectivity index is 1.33. The van der Waals surface area contributed by atoms with Gasteiger partial charge in [0.2, 0.25) is 17.0 Å². The molecule has 10 nitrogen and oxygen atoms in total. The highest BCUT2D eigenvalue weighted by atomic mass is 35.5. The number of aliphatic carboxylic acids is 1. The molecule has 3 N–H and O–H groups in total. The van der Waals surface area contributed by atoms with Crippen molar-refractivity contribution in [3.8, 4) is 17.5 Å². The first-order chi connectivity index (χ1) is 19.0. The molecule has 1 saturated carbocycles. The molecule has 4 rings (SSSR count). The second kappa shape index (κ2) is 12.7. The van der Waals surface area contributed by atoms with E-state index >= 15 is 0 Å². The molecule has 0 radical (unpaired) electrons. The van der Waals surface area contributed by atoms with Crippen LogP contribution in [0, 0.1) is 11.8 Å². The standard InChI is InChI=1S/C27H26Cl2N6O4S/c1-27(2,31-23(36)9-10-25(38)39)12-11-16-3-7-21(19(28)13-16)30-24(37)15-40-26-32-33-34-35(26)22-8-6-18(14-20(22)29)17-4-5-17/h3,6-8,13-14,17H,4-5,9-10,15H2,1-2H3,(H,30,37)(H,31,36)(H,38,39). The monoisotopic (exact) mass is 600 g/mol. The van der Waals surface area contributed by atoms with Crippen LogP contribution >= 0.6 is 35.0 Å². The van der Waals surface area contributed by atoms with Crippen LogP contribution in [0.3, 0.4) is 0 Å². The molecule has 0 atom stereocenters. The third kappa shape index (κ3) is 8.21. The fraction of sp³-hybridized carbons (Fsp3) is 0.333. The van der Waals surface area contributed by atoms with Crippen LogP contribution in [0.5, 0.6) is 0 Å². The van der Waals surface area contributed by atoms with Gasteiger partial charge in [0.15, 0.2) is 0 Å². The lowest BCUT2D eigenvalue weighted by Gasteiger charge is -2.19. The number of carboxylic acid groups (broad SMARTS) is 1. The number of halogens is 2. The third-order valence-corrected chi connectivity index (χ3v) is 7.34. The number of hydrogen-bond donors (Lipinski definition) is 3. The molecule has 208 valence electrons. The van der Waals surface area contributed by atoms with Crippen LogP contribution in [0.25, 0.3) is 5.69 Å². The summed E-state index contributed by atoms with van der Waals surface area (Å²) in [6.07, 6.45) is 1.96. The number of tetrazole rings is 1. The smallest absolute Gasteiger partial charge is 0.303 e. The molecule has 1 heterocycles. The largest absolute Gasteiger partial charge is 0.481 e. The first kappa shape index (κ1) is 29.4. The molecular formula is C27H26Cl2N6O4S. The van der Waals surface area contributed by atoms with Crippen LogP contribution in [0.1, 0.15) is 56.6 Å². The molecule has 2 aromatic carbocycles. The zero-order valence-corrected chi connectivity index (χ0v) is 24.0. The van der Waals surface area contributed by atoms with Crippen LogP contribution in [0.4, 0.5) is 5.69 Å². The Morgan fingerprint density at radius 1 is 1.10 bits per heavy atom. The molecule has 0 spiro atoms. The zero-order chi connectivity index (χ0) is 28.9. The summed E-state index contributed by atoms with van der Waals surface area (Å²) < 4.78 is 1.51. The van der Waals surface area contributed by atoms with Crippen LogP contribution in [-0.2, 0) is 14.4 Å². The van der Waals surface area contributed by atoms with Gasteiger partial charge in [-0.3, -0.25) is 14.4 Å². The van der Waals surface area contributed by atoms with E-state index in [4.69, 9.17) is 28.3 Å². The van der Waals surface area contributed by atoms with Crippen LogP contribution in [0.15, 0.2) is 41.6 Å². The van der Waals surface area contributed by atoms with Crippen LogP contribution in [-0.4, -0.2) is 54.4 Å². The number of nitrogens with zero attached hydrogens (tertiary/aromatic N) is 4. The normalized spacial score (nSPS) is 12.8. The lowest BCUT2D eigenvalue weighted by atomic mass is 10.0. The summed E-state index contributed by atoms with van der Waals surface area (Å²) in [7, 11) is 0. The highest BCUT2D eigenvalue weighted by Gasteiger charge is 2.25. The molecule has 1 fully saturated rings. The van der Waals surface area contributed by atoms with E-state index in [2.05, 4.69) is 38.0 Å². The quantitative estimate of drug-likeness (QED) is 0.225. The van der Waals surface area contributed by atoms with Gasteiger partial charge in [0, 0.05) is 12.0 Å². The number of hydrogen-bond acceptors (Lipinski definition) is 7. The molecule has 1 aliphatic rings. The summed E-state index contributed by atoms with van der Waals surface area (Å²) >= 11 is 14.0. The van der Waals surface area contributed by atoms with Gasteiger partial charge in [0.05, 0.1) is 39.1 Å². The van der Waals surface area contributed by atoms with Gasteiger partial charge in [0.25, 0.3) is 0 Å². The highest BCUT2D eigenvalue weighted by Crippen LogP contribution is 2.41. The summed E-state index contributed by atoms with van der Waals surface area (Å²) in [5.41, 5.74) is 1.95. The van der Waals surface area contributed by atoms with E-state index in [1.54, 1.807) is 32.0 Å². The van der Waals surface area contributed by atoms with Crippen molar-refractivity contribution in [2.75, 3.05) is 11.1 Å². The third-order valence-electron chi connectivity index (χ3n) is 5.80. The number of aromatic nitrogens is 4. The number of thioether (sulfide) groups is 1. The summed E-state index contributed by atoms with van der Waals surface area (Å²) in [4.78, 5) is 35.2. The number of rotatable bonds is 10. The molecular weight excluding hydrogens is 575 g/mol. The van der Waals surface area contributed by atoms with Crippen molar-refractivity contribution in [3.05, 3.63) is 57.6 Å². The SMILES string of the molecule is CC(C)(C#Cc1ccc(NC(=O)CSc2nnnn2-c2ccc(C3CC3)cc2Cl)c(Cl)c1)NC(=O)CCC(=O)O. The number of anilines is 1. The molecule has 3 aromatic rings. The minimum atomic E-state index is -1.04. The van der Waals surface area contributed by atoms with E-state index in [1.165, 1.54) is 23.1 Å². The maximum Gasteiger partial charge on any atom is 0.303 e. The Bertz CT molecular complexity index is 1510. The molecule has 1 aromatic heterocycles. The Kier molecular flexibility index (Phi) is 9.35. The maximum absolute atomic E-state index is 12.6. The zero-order valence-electron chi connectivity index (χ0n) is 21.7. The van der Waals surface area contributed by atoms with Gasteiger partial charge in [-0.2, -0.15) is 4.68 Å². The van der Waals surface area contributed by atoms with Crippen molar-refractivity contribution in [3.63, 3.8) is 0 Å². The molecule has 0 aliphatic heterocycles. The Morgan fingerprint density at radius 3 is 2.55 bits per heavy atom. The van der Waals surface area contributed by atoms with Gasteiger partial charge in [-0.1, -0.05) is 52.9 Å². The number of carboxylic acids is 1. The van der Waals surface area contributed by atoms with Crippen molar-refractivity contribution < 1.29 is 19.5 Å². The Hall–Kier alpha value is -3.59. The average molecular weight is 602 g/mol. The van der Waals surface area contributed by atoms with Gasteiger partial charge in [0.1, 0.15) is 0 Å². The van der Waals surface area contributed by atoms with Crippen molar-refractivity contribution in [2.24, 2.45) is 0 Å². The second-order valence-electron chi connectivity index (χ2n) is 9.71. The molecule has 40 heavy (non-hydrogen) atoms. The van der Waals surface area contributed by atoms with Gasteiger partial charge in [-0.05, 0) is 78.9 Å². The molecule has 0 saturated heterocycles. The molecule has 1 aliphatic carbocycles. The van der Waals surface area contributed by atoms with Crippen LogP contribution in [0.2, 0.25) is 10.0 Å². The fourth-order valence-corrected chi connectivity index (χ4v) is 4.87. The number of carbonyl (C=O) groups excluding carboxylic acids is 2. The Labute approximate surface area is 245 Å². The minimum absolute atomic E-state index is 0.0335. The van der Waals surface area contributed by atoms with E-state index < -0.39 is 17.4 Å². The van der Waals surface area contributed by atoms with Gasteiger partial charge in [-0.15, -0.1) is 5.10 Å². The van der Waals surface area contributed by atoms with Crippen molar-refractivity contribution >= 4 is 58.4 Å². The molecule has 13 heteroatoms. The number of carbonyl (C=O) groups is 3. The van der Waals surface area contributed by atoms with E-state index in [-0.39, 0.29) is 24.5 Å². The lowest BCUT2D eigenvalue weighted by molar-refractivity contribution is -0.139. The predicted octanol–water partition coefficient (Wildman–Crippen LogP) is 4.69. The van der Waals surface area contributed by atoms with Gasteiger partial charge < -0.3 is 15.7 Å². The van der Waals surface area contributed by atoms with E-state index in [0.29, 0.717) is 38.1 Å². The van der Waals surface area contributed by atoms with Crippen molar-refractivity contribution in [1.82, 2.24) is 25.5 Å². The van der Waals surface area contributed by atoms with Crippen molar-refractivity contribution in [2.45, 2.75) is 56.1 Å². The first-order valence-corrected chi connectivity index (χ1v) is 14.1. The summed E-state index contributed by atoms with van der Waals surface area (Å²) in [6, 6.07) is 10.8. The number of benzene rings is 2. The average Bonchev–Trinajstić information content (AvgIpc) is 3.64. The van der Waals surface area contributed by atoms with Crippen LogP contribution < -0.4 is 10.6 Å². The second-order valence-corrected chi connectivity index (χ2v) is 11.5. The number of amides is 2. The molecule has 2 amide bonds. The van der Waals surface area contributed by atoms with Gasteiger partial charge >= 0.3 is 5.97 Å². The molecule has 0 unspecified atom stereocenters. The summed E-state index contributed by atoms with van der Waals surface area (Å²) in [5, 5.41) is 27.2. The highest BCUT2D eigenvalue weighted by molar-refractivity contribution is 7.99. The maximum atomic E-state index is 12.6. The van der Waals surface area contributed by atoms with E-state index in [0.717, 1.165) is 11.8 Å². The van der Waals surface area contributed by atoms with E-state index in [9.17, 15) is 14.4 Å². The molecule has 0 bridgehead atoms. The summed E-state index contributed by atoms with van der Waals surface area (Å²) in [5.74, 6) is 4.74. The number of nitrogens with one attached hydrogen (secondary N) is 2. The van der Waals surface area contributed by atoms with Gasteiger partial charge in [-0.25, -0.2) is 0 Å². The lowest BCUT2D eigenvalue weighted by Crippen LogP contribution is -2.42. The topological polar surface area (TPSA) is 139 Å².